The van der Waals surface area contributed by atoms with Gasteiger partial charge in [-0.15, -0.1) is 0 Å². The van der Waals surface area contributed by atoms with Gasteiger partial charge in [-0.3, -0.25) is 9.59 Å². The number of carbonyl (C=O) groups excluding carboxylic acids is 2. The SMILES string of the molecule is CCOC(OCC)C(=O)CC(=O)c1cc(C)ccc1OC. The minimum atomic E-state index is -0.986. The molecule has 0 aromatic heterocycles. The van der Waals surface area contributed by atoms with Crippen molar-refractivity contribution in [2.75, 3.05) is 20.3 Å². The van der Waals surface area contributed by atoms with Crippen LogP contribution in [0.4, 0.5) is 0 Å². The highest BCUT2D eigenvalue weighted by molar-refractivity contribution is 6.10. The van der Waals surface area contributed by atoms with Crippen LogP contribution in [0.1, 0.15) is 36.2 Å². The molecule has 0 unspecified atom stereocenters. The molecule has 0 N–H and O–H groups in total. The first kappa shape index (κ1) is 17.3. The molecule has 0 radical (unpaired) electrons. The molecule has 0 saturated heterocycles. The van der Waals surface area contributed by atoms with E-state index in [1.165, 1.54) is 7.11 Å². The number of Topliss-reactive ketones (excluding diaryl/α,β-unsaturated/α-hetero) is 2. The Labute approximate surface area is 125 Å². The van der Waals surface area contributed by atoms with Gasteiger partial charge in [-0.1, -0.05) is 11.6 Å². The van der Waals surface area contributed by atoms with Crippen molar-refractivity contribution >= 4 is 11.6 Å². The Morgan fingerprint density at radius 1 is 1.14 bits per heavy atom. The summed E-state index contributed by atoms with van der Waals surface area (Å²) in [6, 6.07) is 5.28. The average molecular weight is 294 g/mol. The number of methoxy groups -OCH3 is 1. The van der Waals surface area contributed by atoms with Gasteiger partial charge in [0.15, 0.2) is 11.6 Å². The van der Waals surface area contributed by atoms with Gasteiger partial charge in [-0.25, -0.2) is 0 Å². The molecule has 0 saturated carbocycles. The molecule has 1 aromatic rings. The third kappa shape index (κ3) is 4.95. The fraction of sp³-hybridized carbons (Fsp3) is 0.500. The van der Waals surface area contributed by atoms with Crippen LogP contribution < -0.4 is 4.74 Å². The molecule has 5 nitrogen and oxygen atoms in total. The molecule has 116 valence electrons. The van der Waals surface area contributed by atoms with Gasteiger partial charge >= 0.3 is 0 Å². The number of ether oxygens (including phenoxy) is 3. The van der Waals surface area contributed by atoms with E-state index < -0.39 is 6.29 Å². The smallest absolute Gasteiger partial charge is 0.218 e. The number of carbonyl (C=O) groups is 2. The van der Waals surface area contributed by atoms with Crippen LogP contribution >= 0.6 is 0 Å². The van der Waals surface area contributed by atoms with E-state index in [0.717, 1.165) is 5.56 Å². The predicted molar refractivity (Wildman–Crippen MR) is 78.7 cm³/mol. The van der Waals surface area contributed by atoms with Crippen molar-refractivity contribution in [1.29, 1.82) is 0 Å². The summed E-state index contributed by atoms with van der Waals surface area (Å²) < 4.78 is 15.6. The Hall–Kier alpha value is -1.72. The van der Waals surface area contributed by atoms with E-state index in [4.69, 9.17) is 14.2 Å². The number of aryl methyl sites for hydroxylation is 1. The second-order valence-electron chi connectivity index (χ2n) is 4.51. The van der Waals surface area contributed by atoms with Gasteiger partial charge in [0.25, 0.3) is 0 Å². The summed E-state index contributed by atoms with van der Waals surface area (Å²) in [6.45, 7) is 6.10. The molecule has 5 heteroatoms. The Bertz CT molecular complexity index is 489. The predicted octanol–water partition coefficient (Wildman–Crippen LogP) is 2.54. The highest BCUT2D eigenvalue weighted by atomic mass is 16.7. The molecule has 0 atom stereocenters. The molecule has 21 heavy (non-hydrogen) atoms. The minimum absolute atomic E-state index is 0.273. The summed E-state index contributed by atoms with van der Waals surface area (Å²) in [5.74, 6) is -0.222. The molecule has 0 aliphatic heterocycles. The van der Waals surface area contributed by atoms with Crippen LogP contribution in [0.2, 0.25) is 0 Å². The van der Waals surface area contributed by atoms with E-state index >= 15 is 0 Å². The zero-order chi connectivity index (χ0) is 15.8. The molecule has 1 rings (SSSR count). The van der Waals surface area contributed by atoms with Crippen LogP contribution in [0.5, 0.6) is 5.75 Å². The molecule has 1 aromatic carbocycles. The summed E-state index contributed by atoms with van der Waals surface area (Å²) in [7, 11) is 1.49. The first-order valence-electron chi connectivity index (χ1n) is 6.97. The van der Waals surface area contributed by atoms with Crippen molar-refractivity contribution < 1.29 is 23.8 Å². The Kier molecular flexibility index (Phi) is 7.05. The first-order valence-corrected chi connectivity index (χ1v) is 6.97. The molecule has 0 heterocycles. The molecular weight excluding hydrogens is 272 g/mol. The Morgan fingerprint density at radius 3 is 2.29 bits per heavy atom. The maximum absolute atomic E-state index is 12.3. The topological polar surface area (TPSA) is 61.8 Å². The normalized spacial score (nSPS) is 10.7. The number of hydrogen-bond acceptors (Lipinski definition) is 5. The monoisotopic (exact) mass is 294 g/mol. The van der Waals surface area contributed by atoms with E-state index in [1.54, 1.807) is 26.0 Å². The molecule has 0 amide bonds. The maximum Gasteiger partial charge on any atom is 0.218 e. The van der Waals surface area contributed by atoms with Crippen molar-refractivity contribution in [2.45, 2.75) is 33.5 Å². The van der Waals surface area contributed by atoms with Gasteiger partial charge in [0.05, 0.1) is 19.1 Å². The summed E-state index contributed by atoms with van der Waals surface area (Å²) in [5.41, 5.74) is 1.33. The lowest BCUT2D eigenvalue weighted by molar-refractivity contribution is -0.166. The summed E-state index contributed by atoms with van der Waals surface area (Å²) in [5, 5.41) is 0. The van der Waals surface area contributed by atoms with Crippen molar-refractivity contribution in [2.24, 2.45) is 0 Å². The van der Waals surface area contributed by atoms with Crippen LogP contribution in [-0.4, -0.2) is 38.2 Å². The largest absolute Gasteiger partial charge is 0.496 e. The van der Waals surface area contributed by atoms with Gasteiger partial charge < -0.3 is 14.2 Å². The molecule has 0 fully saturated rings. The van der Waals surface area contributed by atoms with E-state index in [0.29, 0.717) is 24.5 Å². The molecular formula is C16H22O5. The Morgan fingerprint density at radius 2 is 1.76 bits per heavy atom. The summed E-state index contributed by atoms with van der Waals surface area (Å²) >= 11 is 0. The van der Waals surface area contributed by atoms with Crippen molar-refractivity contribution in [3.63, 3.8) is 0 Å². The fourth-order valence-electron chi connectivity index (χ4n) is 1.91. The number of hydrogen-bond donors (Lipinski definition) is 0. The molecule has 0 aliphatic rings. The molecule has 0 bridgehead atoms. The molecule has 0 spiro atoms. The van der Waals surface area contributed by atoms with E-state index in [1.807, 2.05) is 13.0 Å². The van der Waals surface area contributed by atoms with Gasteiger partial charge in [0.1, 0.15) is 5.75 Å². The zero-order valence-corrected chi connectivity index (χ0v) is 13.0. The van der Waals surface area contributed by atoms with Crippen LogP contribution in [0, 0.1) is 6.92 Å². The second-order valence-corrected chi connectivity index (χ2v) is 4.51. The highest BCUT2D eigenvalue weighted by Gasteiger charge is 2.24. The van der Waals surface area contributed by atoms with Gasteiger partial charge in [-0.2, -0.15) is 0 Å². The van der Waals surface area contributed by atoms with Crippen molar-refractivity contribution in [3.05, 3.63) is 29.3 Å². The fourth-order valence-corrected chi connectivity index (χ4v) is 1.91. The van der Waals surface area contributed by atoms with E-state index in [9.17, 15) is 9.59 Å². The summed E-state index contributed by atoms with van der Waals surface area (Å²) in [4.78, 5) is 24.4. The first-order chi connectivity index (χ1) is 10.0. The van der Waals surface area contributed by atoms with E-state index in [2.05, 4.69) is 0 Å². The third-order valence-electron chi connectivity index (χ3n) is 2.89. The van der Waals surface area contributed by atoms with Crippen LogP contribution in [0.25, 0.3) is 0 Å². The van der Waals surface area contributed by atoms with Crippen molar-refractivity contribution in [1.82, 2.24) is 0 Å². The number of ketones is 2. The quantitative estimate of drug-likeness (QED) is 0.398. The minimum Gasteiger partial charge on any atom is -0.496 e. The van der Waals surface area contributed by atoms with Gasteiger partial charge in [0.2, 0.25) is 6.29 Å². The van der Waals surface area contributed by atoms with Crippen LogP contribution in [0.15, 0.2) is 18.2 Å². The number of benzene rings is 1. The molecule has 0 aliphatic carbocycles. The lowest BCUT2D eigenvalue weighted by atomic mass is 10.0. The maximum atomic E-state index is 12.3. The lowest BCUT2D eigenvalue weighted by Gasteiger charge is -2.15. The zero-order valence-electron chi connectivity index (χ0n) is 13.0. The van der Waals surface area contributed by atoms with Crippen molar-refractivity contribution in [3.8, 4) is 5.75 Å². The van der Waals surface area contributed by atoms with Crippen LogP contribution in [0.3, 0.4) is 0 Å². The van der Waals surface area contributed by atoms with Gasteiger partial charge in [0, 0.05) is 13.2 Å². The highest BCUT2D eigenvalue weighted by Crippen LogP contribution is 2.21. The van der Waals surface area contributed by atoms with Crippen LogP contribution in [-0.2, 0) is 14.3 Å². The lowest BCUT2D eigenvalue weighted by Crippen LogP contribution is -2.29. The second kappa shape index (κ2) is 8.54. The van der Waals surface area contributed by atoms with E-state index in [-0.39, 0.29) is 18.0 Å². The third-order valence-corrected chi connectivity index (χ3v) is 2.89. The standard InChI is InChI=1S/C16H22O5/c1-5-20-16(21-6-2)14(18)10-13(17)12-9-11(3)7-8-15(12)19-4/h7-9,16H,5-6,10H2,1-4H3. The van der Waals surface area contributed by atoms with Gasteiger partial charge in [-0.05, 0) is 32.9 Å². The summed E-state index contributed by atoms with van der Waals surface area (Å²) in [6.07, 6.45) is -1.26. The number of rotatable bonds is 9. The average Bonchev–Trinajstić information content (AvgIpc) is 2.46. The Balaban J connectivity index is 2.84.